The van der Waals surface area contributed by atoms with Crippen molar-refractivity contribution in [2.75, 3.05) is 26.2 Å². The molecule has 0 radical (unpaired) electrons. The number of hydrogen-bond acceptors (Lipinski definition) is 3. The fraction of sp³-hybridized carbons (Fsp3) is 0.600. The molecule has 0 aromatic heterocycles. The van der Waals surface area contributed by atoms with E-state index in [1.807, 2.05) is 0 Å². The van der Waals surface area contributed by atoms with Crippen LogP contribution in [-0.4, -0.2) is 43.0 Å². The molecule has 26 heavy (non-hydrogen) atoms. The number of carbonyl (C=O) groups excluding carboxylic acids is 2. The molecule has 2 saturated carbocycles. The minimum atomic E-state index is -0.338. The van der Waals surface area contributed by atoms with Gasteiger partial charge >= 0.3 is 0 Å². The summed E-state index contributed by atoms with van der Waals surface area (Å²) in [5, 5.41) is 3.09. The van der Waals surface area contributed by atoms with Gasteiger partial charge < -0.3 is 15.0 Å². The third-order valence-electron chi connectivity index (χ3n) is 6.10. The topological polar surface area (TPSA) is 58.6 Å². The Morgan fingerprint density at radius 2 is 1.96 bits per heavy atom. The molecular weight excluding hydrogens is 335 g/mol. The van der Waals surface area contributed by atoms with Gasteiger partial charge in [0.25, 0.3) is 5.91 Å². The Hall–Kier alpha value is -2.11. The van der Waals surface area contributed by atoms with Crippen molar-refractivity contribution >= 4 is 11.8 Å². The van der Waals surface area contributed by atoms with Crippen LogP contribution < -0.4 is 10.1 Å². The Morgan fingerprint density at radius 1 is 1.23 bits per heavy atom. The maximum atomic E-state index is 12.9. The van der Waals surface area contributed by atoms with Gasteiger partial charge in [0.1, 0.15) is 11.6 Å². The Morgan fingerprint density at radius 3 is 2.58 bits per heavy atom. The highest BCUT2D eigenvalue weighted by molar-refractivity contribution is 5.84. The molecule has 1 heterocycles. The number of hydrogen-bond donors (Lipinski definition) is 1. The molecular formula is C20H25FN2O3. The predicted octanol–water partition coefficient (Wildman–Crippen LogP) is 2.36. The number of nitrogens with one attached hydrogen (secondary N) is 1. The summed E-state index contributed by atoms with van der Waals surface area (Å²) in [4.78, 5) is 27.0. The molecule has 1 unspecified atom stereocenters. The van der Waals surface area contributed by atoms with Gasteiger partial charge in [-0.05, 0) is 55.9 Å². The molecule has 3 aliphatic rings. The molecule has 5 nitrogen and oxygen atoms in total. The zero-order valence-corrected chi connectivity index (χ0v) is 14.9. The number of carbonyl (C=O) groups is 2. The quantitative estimate of drug-likeness (QED) is 0.847. The summed E-state index contributed by atoms with van der Waals surface area (Å²) in [5.74, 6) is 0.667. The van der Waals surface area contributed by atoms with Crippen molar-refractivity contribution in [2.24, 2.45) is 17.3 Å². The van der Waals surface area contributed by atoms with Crippen molar-refractivity contribution in [3.05, 3.63) is 30.1 Å². The lowest BCUT2D eigenvalue weighted by Crippen LogP contribution is -2.45. The van der Waals surface area contributed by atoms with Crippen molar-refractivity contribution < 1.29 is 18.7 Å². The first kappa shape index (κ1) is 17.3. The van der Waals surface area contributed by atoms with Gasteiger partial charge in [-0.1, -0.05) is 6.42 Å². The Balaban J connectivity index is 1.33. The minimum absolute atomic E-state index is 0.0425. The molecule has 1 saturated heterocycles. The molecule has 1 N–H and O–H groups in total. The van der Waals surface area contributed by atoms with Gasteiger partial charge in [0.2, 0.25) is 5.91 Å². The van der Waals surface area contributed by atoms with E-state index < -0.39 is 0 Å². The highest BCUT2D eigenvalue weighted by Crippen LogP contribution is 2.51. The first-order valence-electron chi connectivity index (χ1n) is 9.50. The summed E-state index contributed by atoms with van der Waals surface area (Å²) in [5.41, 5.74) is -0.0425. The second kappa shape index (κ2) is 6.89. The molecule has 0 bridgehead atoms. The molecule has 6 heteroatoms. The van der Waals surface area contributed by atoms with Gasteiger partial charge in [0.15, 0.2) is 6.61 Å². The second-order valence-electron chi connectivity index (χ2n) is 7.97. The Labute approximate surface area is 152 Å². The van der Waals surface area contributed by atoms with Crippen LogP contribution >= 0.6 is 0 Å². The van der Waals surface area contributed by atoms with Crippen LogP contribution in [0.25, 0.3) is 0 Å². The van der Waals surface area contributed by atoms with Gasteiger partial charge in [-0.15, -0.1) is 0 Å². The van der Waals surface area contributed by atoms with Crippen molar-refractivity contribution in [1.29, 1.82) is 0 Å². The summed E-state index contributed by atoms with van der Waals surface area (Å²) in [6.45, 7) is 1.80. The van der Waals surface area contributed by atoms with E-state index in [-0.39, 0.29) is 35.6 Å². The lowest BCUT2D eigenvalue weighted by molar-refractivity contribution is -0.133. The monoisotopic (exact) mass is 360 g/mol. The fourth-order valence-corrected chi connectivity index (χ4v) is 4.11. The number of nitrogens with zero attached hydrogens (tertiary/aromatic N) is 1. The van der Waals surface area contributed by atoms with Crippen molar-refractivity contribution in [3.8, 4) is 5.75 Å². The number of ether oxygens (including phenoxy) is 1. The summed E-state index contributed by atoms with van der Waals surface area (Å²) < 4.78 is 18.4. The van der Waals surface area contributed by atoms with Gasteiger partial charge in [0.05, 0.1) is 5.92 Å². The van der Waals surface area contributed by atoms with Crippen LogP contribution in [0.2, 0.25) is 0 Å². The fourth-order valence-electron chi connectivity index (χ4n) is 4.11. The molecule has 3 fully saturated rings. The van der Waals surface area contributed by atoms with E-state index in [0.717, 1.165) is 25.8 Å². The van der Waals surface area contributed by atoms with E-state index in [0.29, 0.717) is 24.8 Å². The summed E-state index contributed by atoms with van der Waals surface area (Å²) in [6, 6.07) is 5.63. The standard InChI is InChI=1S/C20H25FN2O3/c21-15-4-6-16(7-5-15)26-12-18(24)23-11-17(20(13-23)8-1-9-20)19(25)22-10-14-2-3-14/h4-7,14,17H,1-3,8-13H2,(H,22,25). The highest BCUT2D eigenvalue weighted by Gasteiger charge is 2.54. The van der Waals surface area contributed by atoms with Gasteiger partial charge in [-0.3, -0.25) is 9.59 Å². The van der Waals surface area contributed by atoms with Crippen LogP contribution in [-0.2, 0) is 9.59 Å². The molecule has 4 rings (SSSR count). The van der Waals surface area contributed by atoms with Gasteiger partial charge in [-0.25, -0.2) is 4.39 Å². The predicted molar refractivity (Wildman–Crippen MR) is 94.0 cm³/mol. The molecule has 1 aromatic rings. The van der Waals surface area contributed by atoms with E-state index in [4.69, 9.17) is 4.74 Å². The third kappa shape index (κ3) is 3.55. The second-order valence-corrected chi connectivity index (χ2v) is 7.97. The zero-order chi connectivity index (χ0) is 18.1. The summed E-state index contributed by atoms with van der Waals surface area (Å²) >= 11 is 0. The number of amides is 2. The van der Waals surface area contributed by atoms with Crippen molar-refractivity contribution in [3.63, 3.8) is 0 Å². The normalized spacial score (nSPS) is 23.6. The first-order chi connectivity index (χ1) is 12.6. The molecule has 1 spiro atoms. The number of benzene rings is 1. The molecule has 1 aliphatic heterocycles. The lowest BCUT2D eigenvalue weighted by Gasteiger charge is -2.41. The molecule has 140 valence electrons. The van der Waals surface area contributed by atoms with Crippen molar-refractivity contribution in [1.82, 2.24) is 10.2 Å². The SMILES string of the molecule is O=C(NCC1CC1)C1CN(C(=O)COc2ccc(F)cc2)CC12CCC2. The molecule has 2 amide bonds. The van der Waals surface area contributed by atoms with Crippen LogP contribution in [0.3, 0.4) is 0 Å². The largest absolute Gasteiger partial charge is 0.484 e. The third-order valence-corrected chi connectivity index (χ3v) is 6.10. The molecule has 2 aliphatic carbocycles. The van der Waals surface area contributed by atoms with E-state index in [1.165, 1.54) is 37.1 Å². The average Bonchev–Trinajstić information content (AvgIpc) is 3.34. The first-order valence-corrected chi connectivity index (χ1v) is 9.50. The minimum Gasteiger partial charge on any atom is -0.484 e. The summed E-state index contributed by atoms with van der Waals surface area (Å²) in [7, 11) is 0. The maximum absolute atomic E-state index is 12.9. The highest BCUT2D eigenvalue weighted by atomic mass is 19.1. The van der Waals surface area contributed by atoms with Crippen molar-refractivity contribution in [2.45, 2.75) is 32.1 Å². The van der Waals surface area contributed by atoms with E-state index in [2.05, 4.69) is 5.32 Å². The lowest BCUT2D eigenvalue weighted by atomic mass is 9.62. The molecule has 1 aromatic carbocycles. The van der Waals surface area contributed by atoms with E-state index in [1.54, 1.807) is 4.90 Å². The Kier molecular flexibility index (Phi) is 4.59. The van der Waals surface area contributed by atoms with E-state index >= 15 is 0 Å². The van der Waals surface area contributed by atoms with Crippen LogP contribution in [0.4, 0.5) is 4.39 Å². The summed E-state index contributed by atoms with van der Waals surface area (Å²) in [6.07, 6.45) is 5.57. The van der Waals surface area contributed by atoms with E-state index in [9.17, 15) is 14.0 Å². The maximum Gasteiger partial charge on any atom is 0.260 e. The zero-order valence-electron chi connectivity index (χ0n) is 14.9. The van der Waals surface area contributed by atoms with Gasteiger partial charge in [-0.2, -0.15) is 0 Å². The Bertz CT molecular complexity index is 683. The van der Waals surface area contributed by atoms with Crippen LogP contribution in [0.1, 0.15) is 32.1 Å². The average molecular weight is 360 g/mol. The van der Waals surface area contributed by atoms with Crippen LogP contribution in [0.15, 0.2) is 24.3 Å². The number of likely N-dealkylation sites (tertiary alicyclic amines) is 1. The number of rotatable bonds is 6. The number of halogens is 1. The smallest absolute Gasteiger partial charge is 0.260 e. The molecule has 1 atom stereocenters. The van der Waals surface area contributed by atoms with Crippen LogP contribution in [0.5, 0.6) is 5.75 Å². The van der Waals surface area contributed by atoms with Gasteiger partial charge in [0, 0.05) is 25.0 Å². The van der Waals surface area contributed by atoms with Crippen LogP contribution in [0, 0.1) is 23.1 Å².